The van der Waals surface area contributed by atoms with Gasteiger partial charge in [0, 0.05) is 6.07 Å². The van der Waals surface area contributed by atoms with Crippen LogP contribution in [-0.4, -0.2) is 32.7 Å². The first-order chi connectivity index (χ1) is 10.1. The smallest absolute Gasteiger partial charge is 0.387 e. The number of hydrogen-bond acceptors (Lipinski definition) is 4. The van der Waals surface area contributed by atoms with E-state index in [2.05, 4.69) is 15.4 Å². The Kier molecular flexibility index (Phi) is 5.32. The maximum Gasteiger partial charge on any atom is 0.387 e. The molecule has 1 amide bonds. The quantitative estimate of drug-likeness (QED) is 0.773. The lowest BCUT2D eigenvalue weighted by Crippen LogP contribution is -2.29. The Bertz CT molecular complexity index is 493. The van der Waals surface area contributed by atoms with Crippen molar-refractivity contribution < 1.29 is 23.0 Å². The van der Waals surface area contributed by atoms with Crippen LogP contribution in [0.3, 0.4) is 0 Å². The van der Waals surface area contributed by atoms with Gasteiger partial charge in [0.05, 0.1) is 19.3 Å². The largest absolute Gasteiger partial charge is 0.497 e. The molecule has 0 bridgehead atoms. The molecule has 0 aromatic heterocycles. The number of anilines is 1. The monoisotopic (exact) mass is 300 g/mol. The number of carbonyl (C=O) groups excluding carboxylic acids is 1. The molecule has 0 saturated heterocycles. The van der Waals surface area contributed by atoms with E-state index in [1.54, 1.807) is 0 Å². The van der Waals surface area contributed by atoms with E-state index < -0.39 is 6.61 Å². The highest BCUT2D eigenvalue weighted by Crippen LogP contribution is 2.30. The van der Waals surface area contributed by atoms with Crippen molar-refractivity contribution in [1.29, 1.82) is 0 Å². The highest BCUT2D eigenvalue weighted by atomic mass is 19.3. The second-order valence-corrected chi connectivity index (χ2v) is 4.86. The van der Waals surface area contributed by atoms with Crippen molar-refractivity contribution in [2.24, 2.45) is 5.92 Å². The average Bonchev–Trinajstić information content (AvgIpc) is 3.24. The summed E-state index contributed by atoms with van der Waals surface area (Å²) in [6.45, 7) is -2.03. The predicted molar refractivity (Wildman–Crippen MR) is 73.8 cm³/mol. The number of benzene rings is 1. The van der Waals surface area contributed by atoms with Crippen LogP contribution in [0.15, 0.2) is 18.2 Å². The van der Waals surface area contributed by atoms with E-state index in [4.69, 9.17) is 4.74 Å². The number of alkyl halides is 2. The van der Waals surface area contributed by atoms with Gasteiger partial charge in [0.2, 0.25) is 5.91 Å². The van der Waals surface area contributed by atoms with Crippen molar-refractivity contribution in [2.45, 2.75) is 19.5 Å². The number of halogens is 2. The Labute approximate surface area is 121 Å². The molecule has 0 spiro atoms. The molecule has 0 radical (unpaired) electrons. The number of ether oxygens (including phenoxy) is 2. The predicted octanol–water partition coefficient (Wildman–Crippen LogP) is 2.23. The third kappa shape index (κ3) is 5.18. The summed E-state index contributed by atoms with van der Waals surface area (Å²) in [5.74, 6) is 0.689. The molecule has 21 heavy (non-hydrogen) atoms. The number of amides is 1. The SMILES string of the molecule is COc1ccc(OC(F)F)c(NC(=O)CNCC2CC2)c1. The summed E-state index contributed by atoms with van der Waals surface area (Å²) in [5, 5.41) is 5.57. The highest BCUT2D eigenvalue weighted by Gasteiger charge is 2.20. The summed E-state index contributed by atoms with van der Waals surface area (Å²) in [6, 6.07) is 4.26. The molecule has 2 N–H and O–H groups in total. The third-order valence-corrected chi connectivity index (χ3v) is 3.09. The molecule has 1 aromatic rings. The fourth-order valence-corrected chi connectivity index (χ4v) is 1.84. The maximum absolute atomic E-state index is 12.3. The molecular weight excluding hydrogens is 282 g/mol. The molecule has 1 aliphatic rings. The first kappa shape index (κ1) is 15.5. The fraction of sp³-hybridized carbons (Fsp3) is 0.500. The van der Waals surface area contributed by atoms with E-state index in [0.717, 1.165) is 6.54 Å². The van der Waals surface area contributed by atoms with Crippen LogP contribution in [-0.2, 0) is 4.79 Å². The Morgan fingerprint density at radius 3 is 2.81 bits per heavy atom. The molecule has 116 valence electrons. The minimum absolute atomic E-state index is 0.0960. The molecule has 5 nitrogen and oxygen atoms in total. The van der Waals surface area contributed by atoms with Crippen LogP contribution in [0.1, 0.15) is 12.8 Å². The second kappa shape index (κ2) is 7.21. The van der Waals surface area contributed by atoms with E-state index >= 15 is 0 Å². The van der Waals surface area contributed by atoms with Crippen LogP contribution in [0, 0.1) is 5.92 Å². The lowest BCUT2D eigenvalue weighted by Gasteiger charge is -2.13. The van der Waals surface area contributed by atoms with E-state index in [1.807, 2.05) is 0 Å². The lowest BCUT2D eigenvalue weighted by molar-refractivity contribution is -0.115. The first-order valence-electron chi connectivity index (χ1n) is 6.72. The van der Waals surface area contributed by atoms with Crippen molar-refractivity contribution in [3.05, 3.63) is 18.2 Å². The van der Waals surface area contributed by atoms with Gasteiger partial charge in [-0.15, -0.1) is 0 Å². The molecule has 1 fully saturated rings. The van der Waals surface area contributed by atoms with Crippen LogP contribution >= 0.6 is 0 Å². The van der Waals surface area contributed by atoms with E-state index in [-0.39, 0.29) is 23.9 Å². The molecule has 0 unspecified atom stereocenters. The van der Waals surface area contributed by atoms with Crippen molar-refractivity contribution in [3.63, 3.8) is 0 Å². The second-order valence-electron chi connectivity index (χ2n) is 4.86. The number of nitrogens with one attached hydrogen (secondary N) is 2. The normalized spacial score (nSPS) is 14.1. The Morgan fingerprint density at radius 2 is 2.19 bits per heavy atom. The zero-order chi connectivity index (χ0) is 15.2. The van der Waals surface area contributed by atoms with Crippen molar-refractivity contribution in [3.8, 4) is 11.5 Å². The summed E-state index contributed by atoms with van der Waals surface area (Å²) in [6.07, 6.45) is 2.38. The molecule has 1 aliphatic carbocycles. The van der Waals surface area contributed by atoms with Gasteiger partial charge >= 0.3 is 6.61 Å². The number of hydrogen-bond donors (Lipinski definition) is 2. The fourth-order valence-electron chi connectivity index (χ4n) is 1.84. The summed E-state index contributed by atoms with van der Waals surface area (Å²) < 4.78 is 34.1. The molecule has 1 saturated carbocycles. The van der Waals surface area contributed by atoms with Crippen LogP contribution in [0.25, 0.3) is 0 Å². The average molecular weight is 300 g/mol. The third-order valence-electron chi connectivity index (χ3n) is 3.09. The first-order valence-corrected chi connectivity index (χ1v) is 6.72. The van der Waals surface area contributed by atoms with Gasteiger partial charge in [0.15, 0.2) is 0 Å². The topological polar surface area (TPSA) is 59.6 Å². The zero-order valence-electron chi connectivity index (χ0n) is 11.7. The summed E-state index contributed by atoms with van der Waals surface area (Å²) in [4.78, 5) is 11.8. The van der Waals surface area contributed by atoms with Crippen LogP contribution in [0.4, 0.5) is 14.5 Å². The van der Waals surface area contributed by atoms with Gasteiger partial charge < -0.3 is 20.1 Å². The van der Waals surface area contributed by atoms with E-state index in [0.29, 0.717) is 11.7 Å². The van der Waals surface area contributed by atoms with E-state index in [9.17, 15) is 13.6 Å². The maximum atomic E-state index is 12.3. The van der Waals surface area contributed by atoms with Crippen LogP contribution < -0.4 is 20.1 Å². The summed E-state index contributed by atoms with van der Waals surface area (Å²) >= 11 is 0. The van der Waals surface area contributed by atoms with Gasteiger partial charge in [-0.1, -0.05) is 0 Å². The highest BCUT2D eigenvalue weighted by molar-refractivity contribution is 5.94. The van der Waals surface area contributed by atoms with Gasteiger partial charge in [-0.2, -0.15) is 8.78 Å². The van der Waals surface area contributed by atoms with E-state index in [1.165, 1.54) is 38.2 Å². The zero-order valence-corrected chi connectivity index (χ0v) is 11.7. The Hall–Kier alpha value is -1.89. The standard InChI is InChI=1S/C14H18F2N2O3/c1-20-10-4-5-12(21-14(15)16)11(6-10)18-13(19)8-17-7-9-2-3-9/h4-6,9,14,17H,2-3,7-8H2,1H3,(H,18,19). The van der Waals surface area contributed by atoms with Crippen LogP contribution in [0.2, 0.25) is 0 Å². The lowest BCUT2D eigenvalue weighted by atomic mass is 10.2. The van der Waals surface area contributed by atoms with Gasteiger partial charge in [0.25, 0.3) is 0 Å². The Morgan fingerprint density at radius 1 is 1.43 bits per heavy atom. The van der Waals surface area contributed by atoms with Gasteiger partial charge in [-0.25, -0.2) is 0 Å². The minimum atomic E-state index is -2.96. The number of carbonyl (C=O) groups is 1. The summed E-state index contributed by atoms with van der Waals surface area (Å²) in [5.41, 5.74) is 0.160. The molecular formula is C14H18F2N2O3. The summed E-state index contributed by atoms with van der Waals surface area (Å²) in [7, 11) is 1.45. The minimum Gasteiger partial charge on any atom is -0.497 e. The molecule has 0 heterocycles. The van der Waals surface area contributed by atoms with Crippen molar-refractivity contribution >= 4 is 11.6 Å². The molecule has 2 rings (SSSR count). The number of methoxy groups -OCH3 is 1. The molecule has 0 aliphatic heterocycles. The van der Waals surface area contributed by atoms with Crippen molar-refractivity contribution in [2.75, 3.05) is 25.5 Å². The van der Waals surface area contributed by atoms with Gasteiger partial charge in [-0.3, -0.25) is 4.79 Å². The number of rotatable bonds is 8. The Balaban J connectivity index is 1.95. The molecule has 1 aromatic carbocycles. The molecule has 7 heteroatoms. The van der Waals surface area contributed by atoms with Crippen LogP contribution in [0.5, 0.6) is 11.5 Å². The van der Waals surface area contributed by atoms with Gasteiger partial charge in [-0.05, 0) is 37.4 Å². The van der Waals surface area contributed by atoms with Gasteiger partial charge in [0.1, 0.15) is 11.5 Å². The molecule has 0 atom stereocenters. The van der Waals surface area contributed by atoms with Crippen molar-refractivity contribution in [1.82, 2.24) is 5.32 Å².